The van der Waals surface area contributed by atoms with Gasteiger partial charge in [0.05, 0.1) is 11.0 Å². The zero-order chi connectivity index (χ0) is 11.2. The molecule has 1 aliphatic carbocycles. The molecule has 3 nitrogen and oxygen atoms in total. The van der Waals surface area contributed by atoms with Gasteiger partial charge in [-0.05, 0) is 12.8 Å². The summed E-state index contributed by atoms with van der Waals surface area (Å²) < 4.78 is 8.32. The average molecular weight is 338 g/mol. The number of halogens is 1. The van der Waals surface area contributed by atoms with Crippen molar-refractivity contribution in [1.29, 1.82) is 0 Å². The van der Waals surface area contributed by atoms with Gasteiger partial charge in [-0.25, -0.2) is 0 Å². The fraction of sp³-hybridized carbons (Fsp3) is 1.00. The molecule has 0 spiro atoms. The molecule has 2 heterocycles. The topological polar surface area (TPSA) is 29.5 Å². The quantitative estimate of drug-likeness (QED) is 0.480. The first-order valence-corrected chi connectivity index (χ1v) is 7.99. The molecular formula is C12H21INO2+. The van der Waals surface area contributed by atoms with Crippen LogP contribution in [0.1, 0.15) is 25.7 Å². The molecule has 1 saturated carbocycles. The zero-order valence-electron chi connectivity index (χ0n) is 9.65. The molecule has 0 amide bonds. The zero-order valence-corrected chi connectivity index (χ0v) is 11.8. The molecular weight excluding hydrogens is 317 g/mol. The van der Waals surface area contributed by atoms with Gasteiger partial charge in [-0.3, -0.25) is 4.48 Å². The first kappa shape index (κ1) is 11.7. The number of rotatable bonds is 3. The Bertz CT molecular complexity index is 276. The second-order valence-corrected chi connectivity index (χ2v) is 6.49. The van der Waals surface area contributed by atoms with Crippen LogP contribution in [0.5, 0.6) is 0 Å². The van der Waals surface area contributed by atoms with Crippen molar-refractivity contribution >= 4 is 22.6 Å². The van der Waals surface area contributed by atoms with Crippen molar-refractivity contribution in [3.8, 4) is 0 Å². The van der Waals surface area contributed by atoms with Crippen molar-refractivity contribution in [2.45, 2.75) is 43.9 Å². The standard InChI is InChI=1S/C12H21INO2/c13-7-10-6-9-2-1-3-11-12(9)14(10,4-5-15)8-16-11/h9-12,15H,1-8H2/q+1/t9-,10-,11-,12+,14?/m1/s1. The fourth-order valence-corrected chi connectivity index (χ4v) is 5.57. The molecule has 0 aromatic carbocycles. The summed E-state index contributed by atoms with van der Waals surface area (Å²) in [6.45, 7) is 2.08. The maximum Gasteiger partial charge on any atom is 0.184 e. The lowest BCUT2D eigenvalue weighted by atomic mass is 9.83. The summed E-state index contributed by atoms with van der Waals surface area (Å²) in [5.41, 5.74) is 0. The van der Waals surface area contributed by atoms with Crippen LogP contribution in [0.4, 0.5) is 0 Å². The number of quaternary nitrogens is 1. The minimum atomic E-state index is 0.312. The van der Waals surface area contributed by atoms with Crippen LogP contribution < -0.4 is 0 Å². The van der Waals surface area contributed by atoms with E-state index in [1.807, 2.05) is 0 Å². The maximum absolute atomic E-state index is 9.37. The molecule has 1 N–H and O–H groups in total. The Labute approximate surface area is 111 Å². The van der Waals surface area contributed by atoms with E-state index >= 15 is 0 Å². The Morgan fingerprint density at radius 2 is 2.25 bits per heavy atom. The molecule has 16 heavy (non-hydrogen) atoms. The van der Waals surface area contributed by atoms with Crippen LogP contribution in [-0.4, -0.2) is 52.1 Å². The van der Waals surface area contributed by atoms with E-state index in [1.54, 1.807) is 0 Å². The molecule has 5 atom stereocenters. The van der Waals surface area contributed by atoms with Gasteiger partial charge in [0.25, 0.3) is 0 Å². The van der Waals surface area contributed by atoms with Crippen molar-refractivity contribution in [3.63, 3.8) is 0 Å². The van der Waals surface area contributed by atoms with Crippen molar-refractivity contribution in [1.82, 2.24) is 0 Å². The Morgan fingerprint density at radius 3 is 3.00 bits per heavy atom. The Balaban J connectivity index is 1.92. The maximum atomic E-state index is 9.37. The van der Waals surface area contributed by atoms with E-state index in [9.17, 15) is 5.11 Å². The lowest BCUT2D eigenvalue weighted by Crippen LogP contribution is -2.58. The number of aliphatic hydroxyl groups excluding tert-OH is 1. The number of nitrogens with zero attached hydrogens (tertiary/aromatic N) is 1. The summed E-state index contributed by atoms with van der Waals surface area (Å²) in [4.78, 5) is 0. The van der Waals surface area contributed by atoms with Crippen molar-refractivity contribution in [2.24, 2.45) is 5.92 Å². The van der Waals surface area contributed by atoms with E-state index in [2.05, 4.69) is 22.6 Å². The van der Waals surface area contributed by atoms with Gasteiger partial charge in [0.15, 0.2) is 6.73 Å². The van der Waals surface area contributed by atoms with Gasteiger partial charge in [0.2, 0.25) is 0 Å². The molecule has 2 aliphatic heterocycles. The molecule has 3 aliphatic rings. The van der Waals surface area contributed by atoms with Crippen molar-refractivity contribution < 1.29 is 14.3 Å². The van der Waals surface area contributed by atoms with E-state index < -0.39 is 0 Å². The summed E-state index contributed by atoms with van der Waals surface area (Å²) in [6.07, 6.45) is 5.86. The molecule has 92 valence electrons. The van der Waals surface area contributed by atoms with Gasteiger partial charge in [-0.1, -0.05) is 29.0 Å². The van der Waals surface area contributed by atoms with Gasteiger partial charge in [-0.15, -0.1) is 0 Å². The van der Waals surface area contributed by atoms with Crippen molar-refractivity contribution in [2.75, 3.05) is 24.3 Å². The third-order valence-electron chi connectivity index (χ3n) is 5.05. The largest absolute Gasteiger partial charge is 0.391 e. The summed E-state index contributed by atoms with van der Waals surface area (Å²) >= 11 is 2.52. The normalized spacial score (nSPS) is 50.6. The fourth-order valence-electron chi connectivity index (χ4n) is 4.43. The smallest absolute Gasteiger partial charge is 0.184 e. The number of hydrogen-bond acceptors (Lipinski definition) is 2. The molecule has 1 unspecified atom stereocenters. The van der Waals surface area contributed by atoms with Gasteiger partial charge in [-0.2, -0.15) is 0 Å². The Kier molecular flexibility index (Phi) is 3.19. The van der Waals surface area contributed by atoms with Crippen LogP contribution in [0.2, 0.25) is 0 Å². The summed E-state index contributed by atoms with van der Waals surface area (Å²) in [5.74, 6) is 0.868. The van der Waals surface area contributed by atoms with Gasteiger partial charge < -0.3 is 9.84 Å². The monoisotopic (exact) mass is 338 g/mol. The average Bonchev–Trinajstić information content (AvgIpc) is 2.82. The van der Waals surface area contributed by atoms with Crippen LogP contribution in [0.3, 0.4) is 0 Å². The van der Waals surface area contributed by atoms with Crippen LogP contribution in [-0.2, 0) is 4.74 Å². The highest BCUT2D eigenvalue weighted by Gasteiger charge is 2.62. The summed E-state index contributed by atoms with van der Waals surface area (Å²) in [7, 11) is 0. The molecule has 2 saturated heterocycles. The molecule has 3 fully saturated rings. The predicted octanol–water partition coefficient (Wildman–Crippen LogP) is 1.53. The first-order valence-electron chi connectivity index (χ1n) is 6.46. The highest BCUT2D eigenvalue weighted by molar-refractivity contribution is 14.1. The van der Waals surface area contributed by atoms with E-state index in [0.717, 1.165) is 29.7 Å². The Morgan fingerprint density at radius 1 is 1.38 bits per heavy atom. The third kappa shape index (κ3) is 1.49. The molecule has 0 aromatic rings. The predicted molar refractivity (Wildman–Crippen MR) is 70.4 cm³/mol. The molecule has 4 heteroatoms. The van der Waals surface area contributed by atoms with Crippen LogP contribution in [0, 0.1) is 5.92 Å². The van der Waals surface area contributed by atoms with Gasteiger partial charge >= 0.3 is 0 Å². The first-order chi connectivity index (χ1) is 7.81. The minimum absolute atomic E-state index is 0.312. The number of aliphatic hydroxyl groups is 1. The van der Waals surface area contributed by atoms with Gasteiger partial charge in [0, 0.05) is 12.3 Å². The number of alkyl halides is 1. The highest BCUT2D eigenvalue weighted by atomic mass is 127. The van der Waals surface area contributed by atoms with E-state index in [4.69, 9.17) is 4.74 Å². The molecule has 3 rings (SSSR count). The third-order valence-corrected chi connectivity index (χ3v) is 6.06. The van der Waals surface area contributed by atoms with Crippen LogP contribution in [0.15, 0.2) is 0 Å². The Hall–Kier alpha value is 0.610. The molecule has 0 bridgehead atoms. The van der Waals surface area contributed by atoms with E-state index in [-0.39, 0.29) is 0 Å². The molecule has 0 aromatic heterocycles. The van der Waals surface area contributed by atoms with E-state index in [1.165, 1.54) is 30.1 Å². The van der Waals surface area contributed by atoms with Crippen LogP contribution in [0.25, 0.3) is 0 Å². The second-order valence-electron chi connectivity index (χ2n) is 5.61. The molecule has 0 radical (unpaired) electrons. The second kappa shape index (κ2) is 4.37. The van der Waals surface area contributed by atoms with Crippen molar-refractivity contribution in [3.05, 3.63) is 0 Å². The highest BCUT2D eigenvalue weighted by Crippen LogP contribution is 2.49. The SMILES string of the molecule is OCC[N+]12CO[C@@H]3CCC[C@H](C[C@@H]1CI)[C@@H]32. The lowest BCUT2D eigenvalue weighted by molar-refractivity contribution is -0.956. The lowest BCUT2D eigenvalue weighted by Gasteiger charge is -2.40. The van der Waals surface area contributed by atoms with Crippen LogP contribution >= 0.6 is 22.6 Å². The summed E-state index contributed by atoms with van der Waals surface area (Å²) in [5, 5.41) is 9.37. The minimum Gasteiger partial charge on any atom is -0.391 e. The number of hydrogen-bond donors (Lipinski definition) is 1. The number of ether oxygens (including phenoxy) is 1. The van der Waals surface area contributed by atoms with E-state index in [0.29, 0.717) is 18.8 Å². The van der Waals surface area contributed by atoms with Gasteiger partial charge in [0.1, 0.15) is 24.7 Å². The summed E-state index contributed by atoms with van der Waals surface area (Å²) in [6, 6.07) is 1.44.